The highest BCUT2D eigenvalue weighted by molar-refractivity contribution is 9.10. The van der Waals surface area contributed by atoms with Crippen molar-refractivity contribution >= 4 is 27.6 Å². The molecular weight excluding hydrogens is 406 g/mol. The lowest BCUT2D eigenvalue weighted by Gasteiger charge is -2.21. The first-order chi connectivity index (χ1) is 12.9. The summed E-state index contributed by atoms with van der Waals surface area (Å²) in [5, 5.41) is 6.80. The molecule has 1 aromatic heterocycles. The number of para-hydroxylation sites is 1. The molecule has 2 heterocycles. The van der Waals surface area contributed by atoms with Crippen LogP contribution < -0.4 is 15.5 Å². The molecule has 1 saturated heterocycles. The third-order valence-electron chi connectivity index (χ3n) is 4.65. The lowest BCUT2D eigenvalue weighted by molar-refractivity contribution is 0.379. The minimum Gasteiger partial charge on any atom is -0.443 e. The van der Waals surface area contributed by atoms with Crippen molar-refractivity contribution in [3.8, 4) is 0 Å². The number of nitrogens with one attached hydrogen (secondary N) is 2. The average Bonchev–Trinajstić information content (AvgIpc) is 3.28. The Morgan fingerprint density at radius 2 is 2.15 bits per heavy atom. The zero-order valence-electron chi connectivity index (χ0n) is 16.4. The summed E-state index contributed by atoms with van der Waals surface area (Å²) in [4.78, 5) is 11.1. The molecule has 1 aromatic carbocycles. The second-order valence-electron chi connectivity index (χ2n) is 7.82. The van der Waals surface area contributed by atoms with Gasteiger partial charge in [-0.25, -0.2) is 4.98 Å². The van der Waals surface area contributed by atoms with Gasteiger partial charge in [-0.15, -0.1) is 0 Å². The molecule has 1 unspecified atom stereocenters. The number of hydrogen-bond donors (Lipinski definition) is 2. The van der Waals surface area contributed by atoms with E-state index in [4.69, 9.17) is 4.42 Å². The Labute approximate surface area is 169 Å². The van der Waals surface area contributed by atoms with E-state index in [1.165, 1.54) is 5.69 Å². The van der Waals surface area contributed by atoms with Crippen molar-refractivity contribution in [2.45, 2.75) is 45.2 Å². The minimum absolute atomic E-state index is 0.0375. The number of nitrogens with zero attached hydrogens (tertiary/aromatic N) is 3. The van der Waals surface area contributed by atoms with Crippen LogP contribution >= 0.6 is 15.9 Å². The fraction of sp³-hybridized carbons (Fsp3) is 0.500. The number of hydrogen-bond acceptors (Lipinski definition) is 4. The Bertz CT molecular complexity index is 796. The molecule has 0 bridgehead atoms. The number of benzene rings is 1. The molecule has 0 spiro atoms. The van der Waals surface area contributed by atoms with E-state index in [9.17, 15) is 0 Å². The minimum atomic E-state index is -0.0375. The second-order valence-corrected chi connectivity index (χ2v) is 8.68. The molecule has 2 aromatic rings. The van der Waals surface area contributed by atoms with Gasteiger partial charge in [0.1, 0.15) is 5.76 Å². The summed E-state index contributed by atoms with van der Waals surface area (Å²) in [6, 6.07) is 8.69. The van der Waals surface area contributed by atoms with Crippen LogP contribution in [0.2, 0.25) is 0 Å². The number of halogens is 1. The fourth-order valence-corrected chi connectivity index (χ4v) is 3.63. The van der Waals surface area contributed by atoms with Gasteiger partial charge < -0.3 is 20.0 Å². The van der Waals surface area contributed by atoms with E-state index in [1.807, 2.05) is 6.07 Å². The molecule has 146 valence electrons. The maximum Gasteiger partial charge on any atom is 0.213 e. The quantitative estimate of drug-likeness (QED) is 0.568. The number of anilines is 1. The van der Waals surface area contributed by atoms with Crippen molar-refractivity contribution in [3.63, 3.8) is 0 Å². The van der Waals surface area contributed by atoms with Crippen LogP contribution in [-0.2, 0) is 12.0 Å². The molecule has 3 rings (SSSR count). The van der Waals surface area contributed by atoms with Crippen LogP contribution in [0, 0.1) is 0 Å². The smallest absolute Gasteiger partial charge is 0.213 e. The largest absolute Gasteiger partial charge is 0.443 e. The van der Waals surface area contributed by atoms with Gasteiger partial charge in [-0.3, -0.25) is 4.99 Å². The van der Waals surface area contributed by atoms with Gasteiger partial charge in [-0.05, 0) is 34.5 Å². The Hall–Kier alpha value is -2.02. The highest BCUT2D eigenvalue weighted by atomic mass is 79.9. The first-order valence-electron chi connectivity index (χ1n) is 9.28. The molecule has 1 atom stereocenters. The van der Waals surface area contributed by atoms with E-state index in [1.54, 1.807) is 13.2 Å². The van der Waals surface area contributed by atoms with Crippen molar-refractivity contribution in [2.75, 3.05) is 25.0 Å². The van der Waals surface area contributed by atoms with E-state index in [0.717, 1.165) is 35.7 Å². The molecule has 27 heavy (non-hydrogen) atoms. The van der Waals surface area contributed by atoms with Crippen LogP contribution in [-0.4, -0.2) is 37.1 Å². The van der Waals surface area contributed by atoms with Crippen molar-refractivity contribution in [3.05, 3.63) is 46.6 Å². The topological polar surface area (TPSA) is 65.7 Å². The van der Waals surface area contributed by atoms with E-state index >= 15 is 0 Å². The highest BCUT2D eigenvalue weighted by Crippen LogP contribution is 2.28. The van der Waals surface area contributed by atoms with Crippen molar-refractivity contribution in [2.24, 2.45) is 4.99 Å². The molecule has 0 radical (unpaired) electrons. The molecule has 6 nitrogen and oxygen atoms in total. The summed E-state index contributed by atoms with van der Waals surface area (Å²) in [6.45, 7) is 8.81. The number of aromatic nitrogens is 1. The van der Waals surface area contributed by atoms with E-state index in [2.05, 4.69) is 80.4 Å². The van der Waals surface area contributed by atoms with Gasteiger partial charge in [0, 0.05) is 36.1 Å². The number of guanidine groups is 1. The SMILES string of the molecule is CN=C(NCc1ncc(C(C)(C)C)o1)NC1CCN(c2ccccc2Br)C1. The average molecular weight is 434 g/mol. The third kappa shape index (κ3) is 5.03. The second kappa shape index (κ2) is 8.33. The van der Waals surface area contributed by atoms with Crippen LogP contribution in [0.5, 0.6) is 0 Å². The molecule has 1 aliphatic heterocycles. The van der Waals surface area contributed by atoms with Crippen LogP contribution in [0.25, 0.3) is 0 Å². The molecule has 0 saturated carbocycles. The van der Waals surface area contributed by atoms with Crippen molar-refractivity contribution in [1.29, 1.82) is 0 Å². The van der Waals surface area contributed by atoms with E-state index < -0.39 is 0 Å². The lowest BCUT2D eigenvalue weighted by Crippen LogP contribution is -2.44. The maximum absolute atomic E-state index is 5.83. The van der Waals surface area contributed by atoms with E-state index in [0.29, 0.717) is 18.5 Å². The first kappa shape index (κ1) is 19.7. The molecule has 1 aliphatic rings. The van der Waals surface area contributed by atoms with Gasteiger partial charge in [0.25, 0.3) is 0 Å². The van der Waals surface area contributed by atoms with Gasteiger partial charge in [0.15, 0.2) is 5.96 Å². The lowest BCUT2D eigenvalue weighted by atomic mass is 9.94. The predicted octanol–water partition coefficient (Wildman–Crippen LogP) is 3.68. The van der Waals surface area contributed by atoms with Crippen LogP contribution in [0.4, 0.5) is 5.69 Å². The van der Waals surface area contributed by atoms with Gasteiger partial charge in [0.2, 0.25) is 5.89 Å². The normalized spacial score (nSPS) is 18.0. The maximum atomic E-state index is 5.83. The predicted molar refractivity (Wildman–Crippen MR) is 113 cm³/mol. The van der Waals surface area contributed by atoms with Gasteiger partial charge >= 0.3 is 0 Å². The van der Waals surface area contributed by atoms with Gasteiger partial charge in [-0.1, -0.05) is 32.9 Å². The summed E-state index contributed by atoms with van der Waals surface area (Å²) < 4.78 is 6.96. The van der Waals surface area contributed by atoms with Gasteiger partial charge in [-0.2, -0.15) is 0 Å². The Morgan fingerprint density at radius 3 is 2.81 bits per heavy atom. The summed E-state index contributed by atoms with van der Waals surface area (Å²) in [5.74, 6) is 2.33. The zero-order chi connectivity index (χ0) is 19.4. The Balaban J connectivity index is 1.52. The van der Waals surface area contributed by atoms with Crippen LogP contribution in [0.15, 0.2) is 44.3 Å². The van der Waals surface area contributed by atoms with Crippen LogP contribution in [0.1, 0.15) is 38.8 Å². The molecular formula is C20H28BrN5O. The molecule has 0 aliphatic carbocycles. The summed E-state index contributed by atoms with van der Waals surface area (Å²) in [5.41, 5.74) is 1.20. The Kier molecular flexibility index (Phi) is 6.09. The van der Waals surface area contributed by atoms with Gasteiger partial charge in [0.05, 0.1) is 18.4 Å². The summed E-state index contributed by atoms with van der Waals surface area (Å²) in [7, 11) is 1.78. The van der Waals surface area contributed by atoms with Crippen molar-refractivity contribution in [1.82, 2.24) is 15.6 Å². The molecule has 2 N–H and O–H groups in total. The molecule has 0 amide bonds. The highest BCUT2D eigenvalue weighted by Gasteiger charge is 2.25. The monoisotopic (exact) mass is 433 g/mol. The third-order valence-corrected chi connectivity index (χ3v) is 5.32. The molecule has 7 heteroatoms. The summed E-state index contributed by atoms with van der Waals surface area (Å²) >= 11 is 3.64. The number of oxazole rings is 1. The fourth-order valence-electron chi connectivity index (χ4n) is 3.09. The zero-order valence-corrected chi connectivity index (χ0v) is 18.0. The summed E-state index contributed by atoms with van der Waals surface area (Å²) in [6.07, 6.45) is 2.87. The van der Waals surface area contributed by atoms with Crippen LogP contribution in [0.3, 0.4) is 0 Å². The standard InChI is InChI=1S/C20H28BrN5O/c1-20(2,3)17-11-23-18(27-17)12-24-19(22-4)25-14-9-10-26(13-14)16-8-6-5-7-15(16)21/h5-8,11,14H,9-10,12-13H2,1-4H3,(H2,22,24,25). The van der Waals surface area contributed by atoms with E-state index in [-0.39, 0.29) is 5.41 Å². The number of rotatable bonds is 4. The number of aliphatic imine (C=N–C) groups is 1. The Morgan fingerprint density at radius 1 is 1.37 bits per heavy atom. The van der Waals surface area contributed by atoms with Crippen molar-refractivity contribution < 1.29 is 4.42 Å². The first-order valence-corrected chi connectivity index (χ1v) is 10.1. The molecule has 1 fully saturated rings.